The highest BCUT2D eigenvalue weighted by molar-refractivity contribution is 5.89. The van der Waals surface area contributed by atoms with Gasteiger partial charge in [-0.05, 0) is 43.7 Å². The predicted molar refractivity (Wildman–Crippen MR) is 109 cm³/mol. The quantitative estimate of drug-likeness (QED) is 0.750. The maximum absolute atomic E-state index is 13.7. The number of hydrogen-bond donors (Lipinski definition) is 1. The summed E-state index contributed by atoms with van der Waals surface area (Å²) in [5.41, 5.74) is 3.15. The summed E-state index contributed by atoms with van der Waals surface area (Å²) in [7, 11) is 0. The molecule has 0 atom stereocenters. The minimum Gasteiger partial charge on any atom is -0.339 e. The number of carbonyl (C=O) groups excluding carboxylic acids is 1. The summed E-state index contributed by atoms with van der Waals surface area (Å²) < 4.78 is 15.9. The summed E-state index contributed by atoms with van der Waals surface area (Å²) in [5.74, 6) is 0.630. The number of aromatic nitrogens is 2. The number of fused-ring (bicyclic) bond motifs is 1. The lowest BCUT2D eigenvalue weighted by atomic mass is 10.2. The Kier molecular flexibility index (Phi) is 4.90. The van der Waals surface area contributed by atoms with E-state index in [4.69, 9.17) is 4.98 Å². The van der Waals surface area contributed by atoms with Gasteiger partial charge >= 0.3 is 6.03 Å². The number of benzene rings is 2. The van der Waals surface area contributed by atoms with Crippen molar-refractivity contribution in [2.45, 2.75) is 20.4 Å². The summed E-state index contributed by atoms with van der Waals surface area (Å²) in [5, 5.41) is 2.79. The highest BCUT2D eigenvalue weighted by atomic mass is 19.1. The lowest BCUT2D eigenvalue weighted by Crippen LogP contribution is -2.50. The molecule has 0 unspecified atom stereocenters. The van der Waals surface area contributed by atoms with Crippen LogP contribution in [-0.2, 0) is 6.54 Å². The molecule has 6 nitrogen and oxygen atoms in total. The number of nitrogens with zero attached hydrogens (tertiary/aromatic N) is 4. The van der Waals surface area contributed by atoms with Crippen LogP contribution in [0.4, 0.5) is 20.8 Å². The van der Waals surface area contributed by atoms with Gasteiger partial charge in [-0.2, -0.15) is 0 Å². The van der Waals surface area contributed by atoms with Crippen molar-refractivity contribution in [1.29, 1.82) is 0 Å². The maximum Gasteiger partial charge on any atom is 0.321 e. The van der Waals surface area contributed by atoms with Gasteiger partial charge in [0.15, 0.2) is 0 Å². The molecule has 3 aromatic rings. The Morgan fingerprint density at radius 2 is 1.89 bits per heavy atom. The van der Waals surface area contributed by atoms with E-state index in [2.05, 4.69) is 27.8 Å². The highest BCUT2D eigenvalue weighted by Gasteiger charge is 2.24. The first-order valence-corrected chi connectivity index (χ1v) is 9.59. The van der Waals surface area contributed by atoms with Crippen molar-refractivity contribution in [3.05, 3.63) is 53.8 Å². The second-order valence-corrected chi connectivity index (χ2v) is 7.01. The third-order valence-electron chi connectivity index (χ3n) is 5.22. The zero-order chi connectivity index (χ0) is 19.7. The molecular weight excluding hydrogens is 357 g/mol. The smallest absolute Gasteiger partial charge is 0.321 e. The molecule has 0 radical (unpaired) electrons. The van der Waals surface area contributed by atoms with Gasteiger partial charge in [0.2, 0.25) is 5.95 Å². The molecule has 2 amide bonds. The molecule has 2 heterocycles. The Hall–Kier alpha value is -3.09. The minimum absolute atomic E-state index is 0.202. The van der Waals surface area contributed by atoms with E-state index in [0.29, 0.717) is 37.4 Å². The number of imidazole rings is 1. The lowest BCUT2D eigenvalue weighted by molar-refractivity contribution is 0.208. The fourth-order valence-electron chi connectivity index (χ4n) is 3.60. The van der Waals surface area contributed by atoms with Crippen LogP contribution >= 0.6 is 0 Å². The second-order valence-electron chi connectivity index (χ2n) is 7.01. The lowest BCUT2D eigenvalue weighted by Gasteiger charge is -2.35. The number of anilines is 2. The van der Waals surface area contributed by atoms with Crippen LogP contribution < -0.4 is 10.2 Å². The van der Waals surface area contributed by atoms with E-state index in [9.17, 15) is 9.18 Å². The van der Waals surface area contributed by atoms with Crippen LogP contribution in [0.1, 0.15) is 12.5 Å². The van der Waals surface area contributed by atoms with Gasteiger partial charge < -0.3 is 19.7 Å². The summed E-state index contributed by atoms with van der Waals surface area (Å²) in [6.45, 7) is 7.25. The molecule has 1 N–H and O–H groups in total. The molecule has 146 valence electrons. The first-order chi connectivity index (χ1) is 13.6. The fourth-order valence-corrected chi connectivity index (χ4v) is 3.60. The molecule has 1 saturated heterocycles. The van der Waals surface area contributed by atoms with Gasteiger partial charge in [0.25, 0.3) is 0 Å². The SMILES string of the molecule is CCn1c(N2CCN(C(=O)Nc3ccc(C)c(F)c3)CC2)nc2ccccc21. The number of rotatable bonds is 3. The predicted octanol–water partition coefficient (Wildman–Crippen LogP) is 3.86. The fraction of sp³-hybridized carbons (Fsp3) is 0.333. The minimum atomic E-state index is -0.318. The Bertz CT molecular complexity index is 1010. The van der Waals surface area contributed by atoms with E-state index in [0.717, 1.165) is 23.5 Å². The van der Waals surface area contributed by atoms with Gasteiger partial charge in [-0.1, -0.05) is 18.2 Å². The molecule has 2 aromatic carbocycles. The van der Waals surface area contributed by atoms with Crippen LogP contribution in [0.2, 0.25) is 0 Å². The number of halogens is 1. The number of carbonyl (C=O) groups is 1. The molecule has 0 saturated carbocycles. The number of para-hydroxylation sites is 2. The Labute approximate surface area is 163 Å². The molecule has 0 aliphatic carbocycles. The first-order valence-electron chi connectivity index (χ1n) is 9.59. The summed E-state index contributed by atoms with van der Waals surface area (Å²) in [6, 6.07) is 12.7. The van der Waals surface area contributed by atoms with E-state index >= 15 is 0 Å². The van der Waals surface area contributed by atoms with Gasteiger partial charge in [0.1, 0.15) is 5.82 Å². The molecule has 1 fully saturated rings. The van der Waals surface area contributed by atoms with E-state index < -0.39 is 0 Å². The van der Waals surface area contributed by atoms with Gasteiger partial charge in [-0.15, -0.1) is 0 Å². The van der Waals surface area contributed by atoms with Crippen molar-refractivity contribution in [2.75, 3.05) is 36.4 Å². The Morgan fingerprint density at radius 1 is 1.14 bits per heavy atom. The van der Waals surface area contributed by atoms with Crippen molar-refractivity contribution in [2.24, 2.45) is 0 Å². The normalized spacial score (nSPS) is 14.5. The van der Waals surface area contributed by atoms with E-state index in [1.165, 1.54) is 6.07 Å². The van der Waals surface area contributed by atoms with Crippen molar-refractivity contribution in [1.82, 2.24) is 14.5 Å². The third kappa shape index (κ3) is 3.40. The van der Waals surface area contributed by atoms with Crippen molar-refractivity contribution in [3.8, 4) is 0 Å². The number of amides is 2. The summed E-state index contributed by atoms with van der Waals surface area (Å²) >= 11 is 0. The molecule has 0 bridgehead atoms. The van der Waals surface area contributed by atoms with Crippen LogP contribution in [-0.4, -0.2) is 46.7 Å². The molecular formula is C21H24FN5O. The molecule has 1 aliphatic rings. The van der Waals surface area contributed by atoms with Crippen LogP contribution in [0.3, 0.4) is 0 Å². The molecule has 1 aromatic heterocycles. The van der Waals surface area contributed by atoms with Gasteiger partial charge in [-0.3, -0.25) is 0 Å². The largest absolute Gasteiger partial charge is 0.339 e. The average Bonchev–Trinajstić information content (AvgIpc) is 3.09. The zero-order valence-electron chi connectivity index (χ0n) is 16.2. The average molecular weight is 381 g/mol. The number of piperazine rings is 1. The number of hydrogen-bond acceptors (Lipinski definition) is 3. The molecule has 1 aliphatic heterocycles. The molecule has 28 heavy (non-hydrogen) atoms. The highest BCUT2D eigenvalue weighted by Crippen LogP contribution is 2.23. The van der Waals surface area contributed by atoms with Gasteiger partial charge in [0, 0.05) is 38.4 Å². The number of aryl methyl sites for hydroxylation is 2. The standard InChI is InChI=1S/C21H24FN5O/c1-3-27-19-7-5-4-6-18(19)24-20(27)25-10-12-26(13-11-25)21(28)23-16-9-8-15(2)17(22)14-16/h4-9,14H,3,10-13H2,1-2H3,(H,23,28). The Morgan fingerprint density at radius 3 is 2.61 bits per heavy atom. The van der Waals surface area contributed by atoms with Crippen LogP contribution in [0.5, 0.6) is 0 Å². The maximum atomic E-state index is 13.7. The number of nitrogens with one attached hydrogen (secondary N) is 1. The van der Waals surface area contributed by atoms with Crippen molar-refractivity contribution in [3.63, 3.8) is 0 Å². The summed E-state index contributed by atoms with van der Waals surface area (Å²) in [6.07, 6.45) is 0. The van der Waals surface area contributed by atoms with Crippen molar-refractivity contribution < 1.29 is 9.18 Å². The van der Waals surface area contributed by atoms with Crippen LogP contribution in [0.15, 0.2) is 42.5 Å². The topological polar surface area (TPSA) is 53.4 Å². The number of urea groups is 1. The van der Waals surface area contributed by atoms with E-state index in [1.807, 2.05) is 18.2 Å². The molecule has 7 heteroatoms. The van der Waals surface area contributed by atoms with E-state index in [-0.39, 0.29) is 11.8 Å². The third-order valence-corrected chi connectivity index (χ3v) is 5.22. The molecule has 0 spiro atoms. The van der Waals surface area contributed by atoms with Gasteiger partial charge in [-0.25, -0.2) is 14.2 Å². The Balaban J connectivity index is 1.43. The van der Waals surface area contributed by atoms with Crippen LogP contribution in [0.25, 0.3) is 11.0 Å². The van der Waals surface area contributed by atoms with E-state index in [1.54, 1.807) is 24.0 Å². The zero-order valence-corrected chi connectivity index (χ0v) is 16.2. The second kappa shape index (κ2) is 7.50. The van der Waals surface area contributed by atoms with Crippen molar-refractivity contribution >= 4 is 28.7 Å². The summed E-state index contributed by atoms with van der Waals surface area (Å²) in [4.78, 5) is 21.3. The van der Waals surface area contributed by atoms with Crippen LogP contribution in [0, 0.1) is 12.7 Å². The van der Waals surface area contributed by atoms with Gasteiger partial charge in [0.05, 0.1) is 11.0 Å². The molecule has 4 rings (SSSR count). The monoisotopic (exact) mass is 381 g/mol. The first kappa shape index (κ1) is 18.3.